The van der Waals surface area contributed by atoms with Crippen molar-refractivity contribution in [1.82, 2.24) is 10.6 Å². The van der Waals surface area contributed by atoms with Crippen molar-refractivity contribution in [3.63, 3.8) is 0 Å². The van der Waals surface area contributed by atoms with Crippen molar-refractivity contribution in [2.24, 2.45) is 0 Å². The van der Waals surface area contributed by atoms with E-state index in [1.165, 1.54) is 18.1 Å². The van der Waals surface area contributed by atoms with Gasteiger partial charge in [-0.3, -0.25) is 19.7 Å². The summed E-state index contributed by atoms with van der Waals surface area (Å²) in [5.41, 5.74) is 1.95. The highest BCUT2D eigenvalue weighted by Crippen LogP contribution is 2.25. The molecular weight excluding hydrogens is 308 g/mol. The molecule has 1 saturated heterocycles. The second-order valence-corrected chi connectivity index (χ2v) is 6.72. The van der Waals surface area contributed by atoms with E-state index in [0.717, 1.165) is 5.56 Å². The van der Waals surface area contributed by atoms with Gasteiger partial charge in [0.1, 0.15) is 5.60 Å². The van der Waals surface area contributed by atoms with E-state index in [0.29, 0.717) is 31.7 Å². The second kappa shape index (κ2) is 7.13. The maximum Gasteiger partial charge on any atom is 0.258 e. The Bertz CT molecular complexity index is 665. The summed E-state index contributed by atoms with van der Waals surface area (Å²) in [7, 11) is 0. The van der Waals surface area contributed by atoms with Gasteiger partial charge in [-0.1, -0.05) is 26.0 Å². The van der Waals surface area contributed by atoms with Crippen LogP contribution in [0.4, 0.5) is 0 Å². The topological polar surface area (TPSA) is 95.5 Å². The Hall–Kier alpha value is -2.21. The number of carbonyl (C=O) groups excluding carboxylic acids is 3. The van der Waals surface area contributed by atoms with Crippen molar-refractivity contribution in [2.45, 2.75) is 58.1 Å². The van der Waals surface area contributed by atoms with Crippen LogP contribution in [0.25, 0.3) is 0 Å². The number of benzene rings is 1. The lowest BCUT2D eigenvalue weighted by Crippen LogP contribution is -2.44. The maximum atomic E-state index is 11.3. The smallest absolute Gasteiger partial charge is 0.258 e. The van der Waals surface area contributed by atoms with Crippen LogP contribution >= 0.6 is 0 Å². The summed E-state index contributed by atoms with van der Waals surface area (Å²) in [5.74, 6) is -0.326. The fourth-order valence-corrected chi connectivity index (χ4v) is 2.85. The predicted octanol–water partition coefficient (Wildman–Crippen LogP) is 1.62. The Morgan fingerprint density at radius 1 is 1.21 bits per heavy atom. The molecule has 24 heavy (non-hydrogen) atoms. The maximum absolute atomic E-state index is 11.3. The van der Waals surface area contributed by atoms with Crippen molar-refractivity contribution in [2.75, 3.05) is 0 Å². The van der Waals surface area contributed by atoms with Crippen LogP contribution in [0.15, 0.2) is 18.2 Å². The highest BCUT2D eigenvalue weighted by Gasteiger charge is 2.33. The van der Waals surface area contributed by atoms with Crippen LogP contribution < -0.4 is 10.6 Å². The van der Waals surface area contributed by atoms with Gasteiger partial charge in [-0.25, -0.2) is 0 Å². The number of hydrogen-bond acceptors (Lipinski definition) is 4. The molecule has 2 heterocycles. The number of fused-ring (bicyclic) bond motifs is 1. The molecule has 0 radical (unpaired) electrons. The third-order valence-corrected chi connectivity index (χ3v) is 4.31. The predicted molar refractivity (Wildman–Crippen MR) is 89.3 cm³/mol. The number of rotatable bonds is 1. The fraction of sp³-hybridized carbons (Fsp3) is 0.500. The van der Waals surface area contributed by atoms with Gasteiger partial charge in [-0.2, -0.15) is 0 Å². The van der Waals surface area contributed by atoms with Gasteiger partial charge < -0.3 is 10.4 Å². The molecule has 1 atom stereocenters. The number of imide groups is 1. The van der Waals surface area contributed by atoms with E-state index in [1.807, 2.05) is 12.1 Å². The molecule has 130 valence electrons. The van der Waals surface area contributed by atoms with Crippen LogP contribution in [0.2, 0.25) is 0 Å². The highest BCUT2D eigenvalue weighted by atomic mass is 16.3. The molecule has 1 unspecified atom stereocenters. The number of hydrogen-bond donors (Lipinski definition) is 3. The SMILES string of the molecule is CC(C)c1cccc2c1CNC2=O.CC1(O)CCCC(=O)NC1=O. The highest BCUT2D eigenvalue weighted by molar-refractivity contribution is 6.00. The Labute approximate surface area is 141 Å². The summed E-state index contributed by atoms with van der Waals surface area (Å²) in [5, 5.41) is 14.3. The zero-order valence-electron chi connectivity index (χ0n) is 14.3. The summed E-state index contributed by atoms with van der Waals surface area (Å²) in [4.78, 5) is 33.0. The van der Waals surface area contributed by atoms with Crippen LogP contribution in [0.3, 0.4) is 0 Å². The van der Waals surface area contributed by atoms with Gasteiger partial charge in [-0.05, 0) is 42.9 Å². The quantitative estimate of drug-likeness (QED) is 0.681. The van der Waals surface area contributed by atoms with Crippen molar-refractivity contribution < 1.29 is 19.5 Å². The number of nitrogens with one attached hydrogen (secondary N) is 2. The molecule has 1 aromatic carbocycles. The van der Waals surface area contributed by atoms with E-state index in [2.05, 4.69) is 30.5 Å². The zero-order chi connectivity index (χ0) is 17.9. The molecule has 3 N–H and O–H groups in total. The van der Waals surface area contributed by atoms with Crippen molar-refractivity contribution in [3.8, 4) is 0 Å². The van der Waals surface area contributed by atoms with Gasteiger partial charge in [0.2, 0.25) is 5.91 Å². The van der Waals surface area contributed by atoms with Gasteiger partial charge in [0.25, 0.3) is 11.8 Å². The van der Waals surface area contributed by atoms with Crippen LogP contribution in [0.1, 0.15) is 67.4 Å². The van der Waals surface area contributed by atoms with Crippen LogP contribution in [0.5, 0.6) is 0 Å². The largest absolute Gasteiger partial charge is 0.380 e. The van der Waals surface area contributed by atoms with Crippen molar-refractivity contribution >= 4 is 17.7 Å². The van der Waals surface area contributed by atoms with E-state index in [4.69, 9.17) is 0 Å². The molecule has 3 rings (SSSR count). The fourth-order valence-electron chi connectivity index (χ4n) is 2.85. The number of carbonyl (C=O) groups is 3. The van der Waals surface area contributed by atoms with Crippen molar-refractivity contribution in [1.29, 1.82) is 0 Å². The third kappa shape index (κ3) is 4.00. The molecular formula is C18H24N2O4. The first kappa shape index (κ1) is 18.1. The number of aliphatic hydroxyl groups is 1. The molecule has 6 heteroatoms. The minimum atomic E-state index is -1.37. The summed E-state index contributed by atoms with van der Waals surface area (Å²) in [6.07, 6.45) is 1.23. The van der Waals surface area contributed by atoms with E-state index < -0.39 is 11.5 Å². The van der Waals surface area contributed by atoms with Crippen LogP contribution in [0, 0.1) is 0 Å². The van der Waals surface area contributed by atoms with Crippen molar-refractivity contribution in [3.05, 3.63) is 34.9 Å². The average Bonchev–Trinajstić information content (AvgIpc) is 2.83. The Kier molecular flexibility index (Phi) is 5.39. The van der Waals surface area contributed by atoms with Gasteiger partial charge in [0.05, 0.1) is 0 Å². The summed E-state index contributed by atoms with van der Waals surface area (Å²) < 4.78 is 0. The molecule has 0 bridgehead atoms. The Balaban J connectivity index is 0.000000177. The monoisotopic (exact) mass is 332 g/mol. The van der Waals surface area contributed by atoms with Gasteiger partial charge >= 0.3 is 0 Å². The normalized spacial score (nSPS) is 23.0. The molecule has 6 nitrogen and oxygen atoms in total. The third-order valence-electron chi connectivity index (χ3n) is 4.31. The lowest BCUT2D eigenvalue weighted by Gasteiger charge is -2.17. The van der Waals surface area contributed by atoms with Gasteiger partial charge in [0.15, 0.2) is 0 Å². The summed E-state index contributed by atoms with van der Waals surface area (Å²) in [6.45, 7) is 6.42. The second-order valence-electron chi connectivity index (χ2n) is 6.72. The molecule has 2 aliphatic rings. The van der Waals surface area contributed by atoms with E-state index in [1.54, 1.807) is 0 Å². The molecule has 0 aromatic heterocycles. The standard InChI is InChI=1S/C11H13NO.C7H11NO3/c1-7(2)8-4-3-5-9-10(8)6-12-11(9)13;1-7(11)4-2-3-5(9)8-6(7)10/h3-5,7H,6H2,1-2H3,(H,12,13);11H,2-4H2,1H3,(H,8,9,10). The van der Waals surface area contributed by atoms with E-state index in [9.17, 15) is 19.5 Å². The molecule has 2 aliphatic heterocycles. The van der Waals surface area contributed by atoms with E-state index in [-0.39, 0.29) is 11.8 Å². The first-order valence-corrected chi connectivity index (χ1v) is 8.19. The first-order chi connectivity index (χ1) is 11.2. The Morgan fingerprint density at radius 2 is 1.92 bits per heavy atom. The van der Waals surface area contributed by atoms with Gasteiger partial charge in [-0.15, -0.1) is 0 Å². The average molecular weight is 332 g/mol. The first-order valence-electron chi connectivity index (χ1n) is 8.19. The minimum Gasteiger partial charge on any atom is -0.380 e. The molecule has 0 spiro atoms. The molecule has 0 aliphatic carbocycles. The summed E-state index contributed by atoms with van der Waals surface area (Å²) >= 11 is 0. The molecule has 1 fully saturated rings. The molecule has 0 saturated carbocycles. The van der Waals surface area contributed by atoms with Gasteiger partial charge in [0, 0.05) is 18.5 Å². The zero-order valence-corrected chi connectivity index (χ0v) is 14.3. The number of amides is 3. The molecule has 3 amide bonds. The molecule has 1 aromatic rings. The lowest BCUT2D eigenvalue weighted by atomic mass is 9.95. The van der Waals surface area contributed by atoms with E-state index >= 15 is 0 Å². The summed E-state index contributed by atoms with van der Waals surface area (Å²) in [6, 6.07) is 5.95. The van der Waals surface area contributed by atoms with Crippen LogP contribution in [-0.4, -0.2) is 28.4 Å². The van der Waals surface area contributed by atoms with Crippen LogP contribution in [-0.2, 0) is 16.1 Å². The Morgan fingerprint density at radius 3 is 2.58 bits per heavy atom. The lowest BCUT2D eigenvalue weighted by molar-refractivity contribution is -0.141. The minimum absolute atomic E-state index is 0.0671.